The molecule has 0 aliphatic carbocycles. The molecule has 0 fully saturated rings. The van der Waals surface area contributed by atoms with Gasteiger partial charge in [0.2, 0.25) is 0 Å². The fourth-order valence-electron chi connectivity index (χ4n) is 1.79. The Balaban J connectivity index is 2.08. The summed E-state index contributed by atoms with van der Waals surface area (Å²) in [4.78, 5) is 26.1. The molecule has 1 amide bonds. The number of halogens is 1. The number of aliphatic carboxylic acids is 1. The molecule has 0 atom stereocenters. The second-order valence-corrected chi connectivity index (χ2v) is 5.38. The van der Waals surface area contributed by atoms with Crippen molar-refractivity contribution in [2.75, 3.05) is 6.54 Å². The van der Waals surface area contributed by atoms with Crippen LogP contribution in [0, 0.1) is 0 Å². The van der Waals surface area contributed by atoms with E-state index in [0.717, 1.165) is 32.1 Å². The summed E-state index contributed by atoms with van der Waals surface area (Å²) in [5.74, 6) is -0.842. The van der Waals surface area contributed by atoms with E-state index < -0.39 is 5.97 Å². The fraction of sp³-hybridized carbons (Fsp3) is 0.500. The third kappa shape index (κ3) is 6.65. The van der Waals surface area contributed by atoms with E-state index in [-0.39, 0.29) is 12.3 Å². The molecule has 0 radical (unpaired) electrons. The molecule has 1 rings (SSSR count). The average Bonchev–Trinajstić information content (AvgIpc) is 2.41. The minimum absolute atomic E-state index is 0.106. The molecule has 0 aliphatic rings. The van der Waals surface area contributed by atoms with Gasteiger partial charge in [-0.3, -0.25) is 14.6 Å². The number of amides is 1. The van der Waals surface area contributed by atoms with E-state index >= 15 is 0 Å². The van der Waals surface area contributed by atoms with E-state index in [2.05, 4.69) is 26.2 Å². The number of rotatable bonds is 9. The highest BCUT2D eigenvalue weighted by Crippen LogP contribution is 2.14. The van der Waals surface area contributed by atoms with Crippen molar-refractivity contribution >= 4 is 27.8 Å². The lowest BCUT2D eigenvalue weighted by molar-refractivity contribution is -0.137. The molecule has 5 nitrogen and oxygen atoms in total. The molecule has 110 valence electrons. The Kier molecular flexibility index (Phi) is 7.87. The molecule has 1 heterocycles. The maximum Gasteiger partial charge on any atom is 0.303 e. The number of hydrogen-bond acceptors (Lipinski definition) is 3. The van der Waals surface area contributed by atoms with Gasteiger partial charge >= 0.3 is 5.97 Å². The van der Waals surface area contributed by atoms with Crippen molar-refractivity contribution in [3.63, 3.8) is 0 Å². The van der Waals surface area contributed by atoms with Crippen LogP contribution >= 0.6 is 15.9 Å². The molecule has 0 aliphatic heterocycles. The highest BCUT2D eigenvalue weighted by molar-refractivity contribution is 9.10. The van der Waals surface area contributed by atoms with Gasteiger partial charge in [-0.2, -0.15) is 0 Å². The van der Waals surface area contributed by atoms with Crippen molar-refractivity contribution in [3.8, 4) is 0 Å². The average molecular weight is 343 g/mol. The van der Waals surface area contributed by atoms with Crippen LogP contribution in [-0.4, -0.2) is 28.5 Å². The van der Waals surface area contributed by atoms with Crippen molar-refractivity contribution in [1.82, 2.24) is 10.3 Å². The second-order valence-electron chi connectivity index (χ2n) is 4.52. The third-order valence-electron chi connectivity index (χ3n) is 2.87. The van der Waals surface area contributed by atoms with Gasteiger partial charge < -0.3 is 10.4 Å². The SMILES string of the molecule is O=C(O)CCCCCCCNC(=O)c1ccncc1Br. The van der Waals surface area contributed by atoms with Gasteiger partial charge in [-0.15, -0.1) is 0 Å². The van der Waals surface area contributed by atoms with Gasteiger partial charge in [-0.1, -0.05) is 19.3 Å². The predicted octanol–water partition coefficient (Wildman–Crippen LogP) is 3.00. The van der Waals surface area contributed by atoms with Gasteiger partial charge in [0.1, 0.15) is 0 Å². The monoisotopic (exact) mass is 342 g/mol. The summed E-state index contributed by atoms with van der Waals surface area (Å²) < 4.78 is 0.686. The Hall–Kier alpha value is -1.43. The predicted molar refractivity (Wildman–Crippen MR) is 79.6 cm³/mol. The van der Waals surface area contributed by atoms with Gasteiger partial charge in [0, 0.05) is 29.8 Å². The maximum atomic E-state index is 11.8. The number of unbranched alkanes of at least 4 members (excludes halogenated alkanes) is 4. The zero-order chi connectivity index (χ0) is 14.8. The van der Waals surface area contributed by atoms with E-state index in [1.807, 2.05) is 0 Å². The second kappa shape index (κ2) is 9.47. The molecule has 20 heavy (non-hydrogen) atoms. The van der Waals surface area contributed by atoms with Crippen LogP contribution in [0.5, 0.6) is 0 Å². The molecule has 0 bridgehead atoms. The van der Waals surface area contributed by atoms with Crippen molar-refractivity contribution < 1.29 is 14.7 Å². The van der Waals surface area contributed by atoms with Gasteiger partial charge in [-0.25, -0.2) is 0 Å². The first-order valence-electron chi connectivity index (χ1n) is 6.71. The highest BCUT2D eigenvalue weighted by Gasteiger charge is 2.08. The van der Waals surface area contributed by atoms with E-state index in [1.165, 1.54) is 0 Å². The van der Waals surface area contributed by atoms with Crippen LogP contribution in [0.15, 0.2) is 22.9 Å². The zero-order valence-corrected chi connectivity index (χ0v) is 12.9. The molecule has 0 saturated heterocycles. The molecule has 0 saturated carbocycles. The summed E-state index contributed by atoms with van der Waals surface area (Å²) >= 11 is 3.29. The number of hydrogen-bond donors (Lipinski definition) is 2. The molecule has 0 spiro atoms. The van der Waals surface area contributed by atoms with Crippen LogP contribution in [0.1, 0.15) is 48.9 Å². The quantitative estimate of drug-likeness (QED) is 0.676. The van der Waals surface area contributed by atoms with E-state index in [0.29, 0.717) is 16.6 Å². The molecular formula is C14H19BrN2O3. The number of carboxylic acid groups (broad SMARTS) is 1. The minimum atomic E-state index is -0.736. The zero-order valence-electron chi connectivity index (χ0n) is 11.3. The first kappa shape index (κ1) is 16.6. The molecule has 1 aromatic rings. The molecule has 1 aromatic heterocycles. The number of aromatic nitrogens is 1. The summed E-state index contributed by atoms with van der Waals surface area (Å²) in [7, 11) is 0. The summed E-state index contributed by atoms with van der Waals surface area (Å²) in [5.41, 5.74) is 0.585. The van der Waals surface area contributed by atoms with Gasteiger partial charge in [0.05, 0.1) is 5.56 Å². The third-order valence-corrected chi connectivity index (χ3v) is 3.50. The number of carbonyl (C=O) groups is 2. The van der Waals surface area contributed by atoms with Crippen molar-refractivity contribution in [2.45, 2.75) is 38.5 Å². The molecule has 2 N–H and O–H groups in total. The van der Waals surface area contributed by atoms with E-state index in [1.54, 1.807) is 18.5 Å². The van der Waals surface area contributed by atoms with Gasteiger partial charge in [0.15, 0.2) is 0 Å². The Morgan fingerprint density at radius 1 is 1.20 bits per heavy atom. The summed E-state index contributed by atoms with van der Waals surface area (Å²) in [6.45, 7) is 0.631. The number of carboxylic acids is 1. The fourth-order valence-corrected chi connectivity index (χ4v) is 2.22. The highest BCUT2D eigenvalue weighted by atomic mass is 79.9. The van der Waals surface area contributed by atoms with Crippen LogP contribution in [-0.2, 0) is 4.79 Å². The Bertz CT molecular complexity index is 452. The number of nitrogens with one attached hydrogen (secondary N) is 1. The number of pyridine rings is 1. The normalized spacial score (nSPS) is 10.2. The molecule has 6 heteroatoms. The van der Waals surface area contributed by atoms with Gasteiger partial charge in [0.25, 0.3) is 5.91 Å². The maximum absolute atomic E-state index is 11.8. The number of carbonyl (C=O) groups excluding carboxylic acids is 1. The Morgan fingerprint density at radius 3 is 2.60 bits per heavy atom. The van der Waals surface area contributed by atoms with Crippen molar-refractivity contribution in [1.29, 1.82) is 0 Å². The van der Waals surface area contributed by atoms with Gasteiger partial charge in [-0.05, 0) is 34.8 Å². The first-order chi connectivity index (χ1) is 9.61. The van der Waals surface area contributed by atoms with Crippen molar-refractivity contribution in [2.24, 2.45) is 0 Å². The van der Waals surface area contributed by atoms with Crippen LogP contribution in [0.2, 0.25) is 0 Å². The molecular weight excluding hydrogens is 324 g/mol. The molecule has 0 aromatic carbocycles. The van der Waals surface area contributed by atoms with E-state index in [9.17, 15) is 9.59 Å². The standard InChI is InChI=1S/C14H19BrN2O3/c15-12-10-16-9-7-11(12)14(20)17-8-5-3-1-2-4-6-13(18)19/h7,9-10H,1-6,8H2,(H,17,20)(H,18,19). The minimum Gasteiger partial charge on any atom is -0.481 e. The Morgan fingerprint density at radius 2 is 1.90 bits per heavy atom. The van der Waals surface area contributed by atoms with Crippen LogP contribution in [0.25, 0.3) is 0 Å². The van der Waals surface area contributed by atoms with Crippen molar-refractivity contribution in [3.05, 3.63) is 28.5 Å². The lowest BCUT2D eigenvalue weighted by Gasteiger charge is -2.06. The Labute approximate surface area is 126 Å². The largest absolute Gasteiger partial charge is 0.481 e. The smallest absolute Gasteiger partial charge is 0.303 e. The lowest BCUT2D eigenvalue weighted by atomic mass is 10.1. The summed E-state index contributed by atoms with van der Waals surface area (Å²) in [6.07, 6.45) is 7.98. The summed E-state index contributed by atoms with van der Waals surface area (Å²) in [5, 5.41) is 11.3. The number of nitrogens with zero attached hydrogens (tertiary/aromatic N) is 1. The summed E-state index contributed by atoms with van der Waals surface area (Å²) in [6, 6.07) is 1.67. The van der Waals surface area contributed by atoms with Crippen LogP contribution in [0.3, 0.4) is 0 Å². The first-order valence-corrected chi connectivity index (χ1v) is 7.50. The lowest BCUT2D eigenvalue weighted by Crippen LogP contribution is -2.24. The molecule has 0 unspecified atom stereocenters. The van der Waals surface area contributed by atoms with Crippen LogP contribution < -0.4 is 5.32 Å². The topological polar surface area (TPSA) is 79.3 Å². The van der Waals surface area contributed by atoms with E-state index in [4.69, 9.17) is 5.11 Å². The van der Waals surface area contributed by atoms with Crippen LogP contribution in [0.4, 0.5) is 0 Å².